The van der Waals surface area contributed by atoms with Gasteiger partial charge in [0.1, 0.15) is 17.5 Å². The molecule has 1 fully saturated rings. The van der Waals surface area contributed by atoms with E-state index in [0.717, 1.165) is 30.8 Å². The number of aromatic hydroxyl groups is 1. The first-order chi connectivity index (χ1) is 15.0. The molecule has 1 aliphatic heterocycles. The van der Waals surface area contributed by atoms with Crippen LogP contribution >= 0.6 is 0 Å². The molecule has 2 heterocycles. The molecule has 1 amide bonds. The van der Waals surface area contributed by atoms with Gasteiger partial charge in [-0.1, -0.05) is 31.0 Å². The monoisotopic (exact) mass is 423 g/mol. The van der Waals surface area contributed by atoms with E-state index in [9.17, 15) is 14.7 Å². The third kappa shape index (κ3) is 5.05. The summed E-state index contributed by atoms with van der Waals surface area (Å²) in [5, 5.41) is 9.34. The van der Waals surface area contributed by atoms with E-state index >= 15 is 0 Å². The summed E-state index contributed by atoms with van der Waals surface area (Å²) in [7, 11) is 0. The number of carbonyl (C=O) groups is 2. The number of aromatic nitrogens is 1. The van der Waals surface area contributed by atoms with E-state index in [4.69, 9.17) is 10.5 Å². The van der Waals surface area contributed by atoms with Gasteiger partial charge < -0.3 is 15.6 Å². The van der Waals surface area contributed by atoms with E-state index in [-0.39, 0.29) is 11.4 Å². The standard InChI is InChI=1S/C24H29N3O4/c25-23(29)22-19-8-5-16(15-27-11-3-1-2-4-12-27)13-17(19)6-10-21(22)31-24(30)20-9-7-18(28)14-26-20/h5,7-9,13-14,21-22,28H,1-4,6,10-12,15H2,(H2,25,29). The summed E-state index contributed by atoms with van der Waals surface area (Å²) in [4.78, 5) is 31.2. The molecule has 2 unspecified atom stereocenters. The smallest absolute Gasteiger partial charge is 0.357 e. The van der Waals surface area contributed by atoms with Gasteiger partial charge in [-0.25, -0.2) is 9.78 Å². The van der Waals surface area contributed by atoms with Crippen LogP contribution in [0.4, 0.5) is 0 Å². The molecule has 1 aromatic heterocycles. The molecule has 7 nitrogen and oxygen atoms in total. The number of nitrogens with zero attached hydrogens (tertiary/aromatic N) is 2. The van der Waals surface area contributed by atoms with Crippen LogP contribution in [0.5, 0.6) is 5.75 Å². The Morgan fingerprint density at radius 1 is 1.13 bits per heavy atom. The topological polar surface area (TPSA) is 106 Å². The van der Waals surface area contributed by atoms with Gasteiger partial charge in [-0.2, -0.15) is 0 Å². The van der Waals surface area contributed by atoms with Gasteiger partial charge in [0.05, 0.1) is 12.1 Å². The van der Waals surface area contributed by atoms with Gasteiger partial charge in [-0.05, 0) is 67.6 Å². The number of hydrogen-bond donors (Lipinski definition) is 2. The highest BCUT2D eigenvalue weighted by Crippen LogP contribution is 2.35. The summed E-state index contributed by atoms with van der Waals surface area (Å²) >= 11 is 0. The molecule has 7 heteroatoms. The number of likely N-dealkylation sites (tertiary alicyclic amines) is 1. The van der Waals surface area contributed by atoms with Crippen molar-refractivity contribution < 1.29 is 19.4 Å². The molecular weight excluding hydrogens is 394 g/mol. The number of nitrogens with two attached hydrogens (primary N) is 1. The van der Waals surface area contributed by atoms with Crippen LogP contribution in [0, 0.1) is 0 Å². The van der Waals surface area contributed by atoms with Crippen molar-refractivity contribution in [2.75, 3.05) is 13.1 Å². The Balaban J connectivity index is 1.49. The van der Waals surface area contributed by atoms with Gasteiger partial charge in [0.15, 0.2) is 0 Å². The molecule has 2 aliphatic rings. The van der Waals surface area contributed by atoms with Crippen molar-refractivity contribution in [1.82, 2.24) is 9.88 Å². The highest BCUT2D eigenvalue weighted by molar-refractivity contribution is 5.89. The van der Waals surface area contributed by atoms with Gasteiger partial charge in [0, 0.05) is 6.54 Å². The molecule has 164 valence electrons. The maximum atomic E-state index is 12.5. The van der Waals surface area contributed by atoms with Crippen LogP contribution < -0.4 is 5.73 Å². The van der Waals surface area contributed by atoms with Gasteiger partial charge in [0.2, 0.25) is 5.91 Å². The van der Waals surface area contributed by atoms with Crippen LogP contribution in [0.25, 0.3) is 0 Å². The lowest BCUT2D eigenvalue weighted by molar-refractivity contribution is -0.122. The number of carbonyl (C=O) groups excluding carboxylic acids is 2. The fraction of sp³-hybridized carbons (Fsp3) is 0.458. The maximum Gasteiger partial charge on any atom is 0.357 e. The number of esters is 1. The number of pyridine rings is 1. The van der Waals surface area contributed by atoms with Crippen molar-refractivity contribution in [2.45, 2.75) is 57.1 Å². The quantitative estimate of drug-likeness (QED) is 0.717. The molecule has 0 radical (unpaired) electrons. The SMILES string of the molecule is NC(=O)C1c2ccc(CN3CCCCCC3)cc2CCC1OC(=O)c1ccc(O)cn1. The minimum atomic E-state index is -0.683. The van der Waals surface area contributed by atoms with E-state index in [1.807, 2.05) is 6.07 Å². The number of fused-ring (bicyclic) bond motifs is 1. The van der Waals surface area contributed by atoms with Crippen LogP contribution in [0.3, 0.4) is 0 Å². The first-order valence-electron chi connectivity index (χ1n) is 11.0. The maximum absolute atomic E-state index is 12.5. The largest absolute Gasteiger partial charge is 0.506 e. The molecule has 1 aromatic carbocycles. The number of benzene rings is 1. The second-order valence-electron chi connectivity index (χ2n) is 8.49. The normalized spacial score (nSPS) is 21.7. The molecule has 0 bridgehead atoms. The summed E-state index contributed by atoms with van der Waals surface area (Å²) in [6, 6.07) is 8.97. The second-order valence-corrected chi connectivity index (χ2v) is 8.49. The van der Waals surface area contributed by atoms with Crippen molar-refractivity contribution in [3.63, 3.8) is 0 Å². The van der Waals surface area contributed by atoms with Gasteiger partial charge in [-0.3, -0.25) is 9.69 Å². The average molecular weight is 424 g/mol. The van der Waals surface area contributed by atoms with Crippen molar-refractivity contribution in [1.29, 1.82) is 0 Å². The van der Waals surface area contributed by atoms with E-state index in [2.05, 4.69) is 22.0 Å². The minimum Gasteiger partial charge on any atom is -0.506 e. The van der Waals surface area contributed by atoms with Crippen molar-refractivity contribution in [3.05, 3.63) is 58.9 Å². The van der Waals surface area contributed by atoms with E-state index in [1.54, 1.807) is 0 Å². The first kappa shape index (κ1) is 21.3. The Kier molecular flexibility index (Phi) is 6.51. The predicted octanol–water partition coefficient (Wildman–Crippen LogP) is 2.90. The van der Waals surface area contributed by atoms with Crippen LogP contribution in [0.2, 0.25) is 0 Å². The van der Waals surface area contributed by atoms with E-state index in [0.29, 0.717) is 12.8 Å². The van der Waals surface area contributed by atoms with Crippen molar-refractivity contribution >= 4 is 11.9 Å². The fourth-order valence-electron chi connectivity index (χ4n) is 4.66. The predicted molar refractivity (Wildman–Crippen MR) is 116 cm³/mol. The lowest BCUT2D eigenvalue weighted by atomic mass is 9.79. The van der Waals surface area contributed by atoms with Crippen LogP contribution in [-0.4, -0.2) is 46.1 Å². The van der Waals surface area contributed by atoms with E-state index < -0.39 is 23.9 Å². The summed E-state index contributed by atoms with van der Waals surface area (Å²) in [6.07, 6.45) is 6.90. The molecule has 31 heavy (non-hydrogen) atoms. The number of rotatable bonds is 5. The van der Waals surface area contributed by atoms with Crippen LogP contribution in [-0.2, 0) is 22.5 Å². The Bertz CT molecular complexity index is 936. The van der Waals surface area contributed by atoms with Crippen molar-refractivity contribution in [3.8, 4) is 5.75 Å². The first-order valence-corrected chi connectivity index (χ1v) is 11.0. The zero-order valence-corrected chi connectivity index (χ0v) is 17.6. The molecule has 0 saturated carbocycles. The van der Waals surface area contributed by atoms with Crippen LogP contribution in [0.1, 0.15) is 65.2 Å². The average Bonchev–Trinajstić information content (AvgIpc) is 3.02. The second kappa shape index (κ2) is 9.47. The van der Waals surface area contributed by atoms with E-state index in [1.165, 1.54) is 49.6 Å². The third-order valence-corrected chi connectivity index (χ3v) is 6.24. The Morgan fingerprint density at radius 2 is 1.90 bits per heavy atom. The molecule has 1 aliphatic carbocycles. The minimum absolute atomic E-state index is 0.0332. The van der Waals surface area contributed by atoms with Gasteiger partial charge >= 0.3 is 5.97 Å². The summed E-state index contributed by atoms with van der Waals surface area (Å²) in [6.45, 7) is 3.17. The summed E-state index contributed by atoms with van der Waals surface area (Å²) in [5.74, 6) is -1.85. The molecule has 2 atom stereocenters. The number of hydrogen-bond acceptors (Lipinski definition) is 6. The zero-order chi connectivity index (χ0) is 21.8. The number of primary amides is 1. The van der Waals surface area contributed by atoms with Crippen molar-refractivity contribution in [2.24, 2.45) is 5.73 Å². The Hall–Kier alpha value is -2.93. The molecule has 3 N–H and O–H groups in total. The number of aryl methyl sites for hydroxylation is 1. The highest BCUT2D eigenvalue weighted by atomic mass is 16.5. The highest BCUT2D eigenvalue weighted by Gasteiger charge is 2.36. The van der Waals surface area contributed by atoms with Gasteiger partial charge in [0.25, 0.3) is 0 Å². The Labute approximate surface area is 182 Å². The lowest BCUT2D eigenvalue weighted by Crippen LogP contribution is -2.38. The molecule has 0 spiro atoms. The lowest BCUT2D eigenvalue weighted by Gasteiger charge is -2.32. The number of ether oxygens (including phenoxy) is 1. The molecule has 2 aromatic rings. The number of amides is 1. The molecular formula is C24H29N3O4. The summed E-state index contributed by atoms with van der Waals surface area (Å²) in [5.41, 5.74) is 9.00. The Morgan fingerprint density at radius 3 is 2.58 bits per heavy atom. The van der Waals surface area contributed by atoms with Crippen LogP contribution in [0.15, 0.2) is 36.5 Å². The third-order valence-electron chi connectivity index (χ3n) is 6.24. The fourth-order valence-corrected chi connectivity index (χ4v) is 4.66. The molecule has 4 rings (SSSR count). The van der Waals surface area contributed by atoms with Gasteiger partial charge in [-0.15, -0.1) is 0 Å². The zero-order valence-electron chi connectivity index (χ0n) is 17.6. The summed E-state index contributed by atoms with van der Waals surface area (Å²) < 4.78 is 5.62. The molecule has 1 saturated heterocycles.